The van der Waals surface area contributed by atoms with Gasteiger partial charge in [0.15, 0.2) is 5.65 Å². The number of nitrogens with one attached hydrogen (secondary N) is 1. The van der Waals surface area contributed by atoms with Gasteiger partial charge < -0.3 is 9.88 Å². The molecule has 1 atom stereocenters. The fourth-order valence-electron chi connectivity index (χ4n) is 6.58. The average molecular weight is 513 g/mol. The highest BCUT2D eigenvalue weighted by atomic mass is 16.1. The van der Waals surface area contributed by atoms with Crippen LogP contribution in [0.4, 0.5) is 5.69 Å². The Morgan fingerprint density at radius 2 is 2.00 bits per heavy atom. The van der Waals surface area contributed by atoms with E-state index in [1.807, 2.05) is 43.1 Å². The predicted molar refractivity (Wildman–Crippen MR) is 147 cm³/mol. The van der Waals surface area contributed by atoms with Crippen molar-refractivity contribution in [3.8, 4) is 0 Å². The Balaban J connectivity index is 1.29. The molecule has 2 aliphatic rings. The minimum absolute atomic E-state index is 0.184. The number of fused-ring (bicyclic) bond motifs is 1. The highest BCUT2D eigenvalue weighted by Crippen LogP contribution is 2.51. The number of carbonyl (C=O) groups excluding carboxylic acids is 1. The quantitative estimate of drug-likeness (QED) is 0.414. The lowest BCUT2D eigenvalue weighted by molar-refractivity contribution is 0.102. The maximum absolute atomic E-state index is 13.5. The molecule has 198 valence electrons. The summed E-state index contributed by atoms with van der Waals surface area (Å²) < 4.78 is 3.76. The van der Waals surface area contributed by atoms with Gasteiger partial charge in [0.2, 0.25) is 0 Å². The van der Waals surface area contributed by atoms with E-state index < -0.39 is 0 Å². The first kappa shape index (κ1) is 24.7. The minimum Gasteiger partial charge on any atom is -0.321 e. The van der Waals surface area contributed by atoms with Crippen LogP contribution in [0.3, 0.4) is 0 Å². The summed E-state index contributed by atoms with van der Waals surface area (Å²) in [6, 6.07) is 10.1. The minimum atomic E-state index is -0.215. The molecule has 9 nitrogen and oxygen atoms in total. The van der Waals surface area contributed by atoms with Gasteiger partial charge in [-0.3, -0.25) is 14.4 Å². The number of anilines is 1. The van der Waals surface area contributed by atoms with E-state index in [1.165, 1.54) is 12.8 Å². The highest BCUT2D eigenvalue weighted by molar-refractivity contribution is 6.04. The van der Waals surface area contributed by atoms with Crippen LogP contribution in [0.2, 0.25) is 0 Å². The van der Waals surface area contributed by atoms with Crippen LogP contribution in [0.15, 0.2) is 42.9 Å². The molecule has 0 unspecified atom stereocenters. The van der Waals surface area contributed by atoms with Crippen molar-refractivity contribution in [2.75, 3.05) is 18.4 Å². The number of likely N-dealkylation sites (tertiary alicyclic amines) is 1. The molecule has 1 N–H and O–H groups in total. The largest absolute Gasteiger partial charge is 0.321 e. The number of piperidine rings is 1. The first-order chi connectivity index (χ1) is 18.3. The number of aromatic nitrogens is 6. The molecule has 2 fully saturated rings. The lowest BCUT2D eigenvalue weighted by atomic mass is 9.58. The van der Waals surface area contributed by atoms with Gasteiger partial charge in [0, 0.05) is 38.3 Å². The molecule has 1 aliphatic carbocycles. The van der Waals surface area contributed by atoms with Crippen molar-refractivity contribution < 1.29 is 4.79 Å². The first-order valence-electron chi connectivity index (χ1n) is 13.6. The SMILES string of the molecule is CC1CC(c2cccc(NC(=O)c3cc(CN4CCC[C@H](C)C4)c4cnn(C)c4n3)c2)(c2nncn2C)C1. The second kappa shape index (κ2) is 9.62. The summed E-state index contributed by atoms with van der Waals surface area (Å²) >= 11 is 0. The van der Waals surface area contributed by atoms with Crippen LogP contribution in [0, 0.1) is 11.8 Å². The van der Waals surface area contributed by atoms with Crippen LogP contribution >= 0.6 is 0 Å². The van der Waals surface area contributed by atoms with Crippen molar-refractivity contribution in [1.29, 1.82) is 0 Å². The van der Waals surface area contributed by atoms with E-state index in [1.54, 1.807) is 11.0 Å². The Kier molecular flexibility index (Phi) is 6.26. The van der Waals surface area contributed by atoms with Gasteiger partial charge in [0.1, 0.15) is 17.8 Å². The summed E-state index contributed by atoms with van der Waals surface area (Å²) in [5.74, 6) is 2.06. The Hall–Kier alpha value is -3.59. The molecule has 1 aromatic carbocycles. The maximum atomic E-state index is 13.5. The summed E-state index contributed by atoms with van der Waals surface area (Å²) in [4.78, 5) is 20.7. The molecule has 1 aliphatic heterocycles. The van der Waals surface area contributed by atoms with Crippen LogP contribution in [0.25, 0.3) is 11.0 Å². The molecular weight excluding hydrogens is 476 g/mol. The van der Waals surface area contributed by atoms with Gasteiger partial charge in [-0.05, 0) is 73.4 Å². The number of rotatable bonds is 6. The van der Waals surface area contributed by atoms with E-state index in [9.17, 15) is 4.79 Å². The van der Waals surface area contributed by atoms with Gasteiger partial charge in [-0.2, -0.15) is 5.10 Å². The monoisotopic (exact) mass is 512 g/mol. The van der Waals surface area contributed by atoms with E-state index in [2.05, 4.69) is 51.5 Å². The van der Waals surface area contributed by atoms with Crippen molar-refractivity contribution in [3.05, 3.63) is 65.5 Å². The number of amides is 1. The first-order valence-corrected chi connectivity index (χ1v) is 13.6. The molecule has 1 amide bonds. The predicted octanol–water partition coefficient (Wildman–Crippen LogP) is 4.30. The molecular formula is C29H36N8O. The third-order valence-corrected chi connectivity index (χ3v) is 8.36. The second-order valence-corrected chi connectivity index (χ2v) is 11.6. The summed E-state index contributed by atoms with van der Waals surface area (Å²) in [6.45, 7) is 7.52. The van der Waals surface area contributed by atoms with Crippen molar-refractivity contribution >= 4 is 22.6 Å². The van der Waals surface area contributed by atoms with Crippen LogP contribution in [-0.4, -0.2) is 53.4 Å². The van der Waals surface area contributed by atoms with Gasteiger partial charge in [-0.15, -0.1) is 10.2 Å². The number of nitrogens with zero attached hydrogens (tertiary/aromatic N) is 7. The number of aryl methyl sites for hydroxylation is 2. The maximum Gasteiger partial charge on any atom is 0.274 e. The van der Waals surface area contributed by atoms with Crippen molar-refractivity contribution in [2.45, 2.75) is 51.5 Å². The molecule has 4 aromatic rings. The third kappa shape index (κ3) is 4.38. The number of hydrogen-bond donors (Lipinski definition) is 1. The summed E-state index contributed by atoms with van der Waals surface area (Å²) in [7, 11) is 3.87. The zero-order chi connectivity index (χ0) is 26.4. The molecule has 0 bridgehead atoms. The standard InChI is InChI=1S/C29H36N8O/c1-19-7-6-10-37(16-19)17-21-11-25(33-26-24(21)15-31-36(26)4)27(38)32-23-9-5-8-22(12-23)29(13-20(2)14-29)28-34-30-18-35(28)3/h5,8-9,11-12,15,18-20H,6-7,10,13-14,16-17H2,1-4H3,(H,32,38)/t19-,20?,29?/m0/s1. The molecule has 3 aromatic heterocycles. The summed E-state index contributed by atoms with van der Waals surface area (Å²) in [5, 5.41) is 17.2. The summed E-state index contributed by atoms with van der Waals surface area (Å²) in [6.07, 6.45) is 8.12. The summed E-state index contributed by atoms with van der Waals surface area (Å²) in [5.41, 5.74) is 3.96. The van der Waals surface area contributed by atoms with Gasteiger partial charge in [-0.25, -0.2) is 4.98 Å². The lowest BCUT2D eigenvalue weighted by Crippen LogP contribution is -2.43. The topological polar surface area (TPSA) is 93.8 Å². The normalized spacial score (nSPS) is 23.9. The van der Waals surface area contributed by atoms with Gasteiger partial charge in [-0.1, -0.05) is 26.0 Å². The average Bonchev–Trinajstić information content (AvgIpc) is 3.48. The Bertz CT molecular complexity index is 1480. The third-order valence-electron chi connectivity index (χ3n) is 8.36. The molecule has 0 radical (unpaired) electrons. The lowest BCUT2D eigenvalue weighted by Gasteiger charge is -2.46. The van der Waals surface area contributed by atoms with Crippen LogP contribution in [0.1, 0.15) is 67.0 Å². The Morgan fingerprint density at radius 3 is 2.74 bits per heavy atom. The van der Waals surface area contributed by atoms with E-state index in [0.29, 0.717) is 17.5 Å². The zero-order valence-corrected chi connectivity index (χ0v) is 22.7. The number of pyridine rings is 1. The molecule has 0 spiro atoms. The van der Waals surface area contributed by atoms with Crippen molar-refractivity contribution in [1.82, 2.24) is 34.4 Å². The van der Waals surface area contributed by atoms with Crippen molar-refractivity contribution in [2.24, 2.45) is 25.9 Å². The fourth-order valence-corrected chi connectivity index (χ4v) is 6.58. The molecule has 38 heavy (non-hydrogen) atoms. The molecule has 1 saturated heterocycles. The number of carbonyl (C=O) groups is 1. The van der Waals surface area contributed by atoms with Crippen LogP contribution in [0.5, 0.6) is 0 Å². The Morgan fingerprint density at radius 1 is 1.16 bits per heavy atom. The molecule has 1 saturated carbocycles. The Labute approximate surface area is 223 Å². The van der Waals surface area contributed by atoms with Crippen molar-refractivity contribution in [3.63, 3.8) is 0 Å². The van der Waals surface area contributed by atoms with Crippen LogP contribution in [-0.2, 0) is 26.1 Å². The highest BCUT2D eigenvalue weighted by Gasteiger charge is 2.48. The smallest absolute Gasteiger partial charge is 0.274 e. The zero-order valence-electron chi connectivity index (χ0n) is 22.7. The molecule has 9 heteroatoms. The van der Waals surface area contributed by atoms with Gasteiger partial charge in [0.25, 0.3) is 5.91 Å². The van der Waals surface area contributed by atoms with Crippen LogP contribution < -0.4 is 5.32 Å². The van der Waals surface area contributed by atoms with E-state index >= 15 is 0 Å². The number of benzene rings is 1. The van der Waals surface area contributed by atoms with Gasteiger partial charge in [0.05, 0.1) is 11.6 Å². The van der Waals surface area contributed by atoms with E-state index in [0.717, 1.165) is 66.1 Å². The van der Waals surface area contributed by atoms with Gasteiger partial charge >= 0.3 is 0 Å². The second-order valence-electron chi connectivity index (χ2n) is 11.6. The fraction of sp³-hybridized carbons (Fsp3) is 0.483. The number of hydrogen-bond acceptors (Lipinski definition) is 6. The van der Waals surface area contributed by atoms with E-state index in [-0.39, 0.29) is 11.3 Å². The van der Waals surface area contributed by atoms with E-state index in [4.69, 9.17) is 4.98 Å². The molecule has 6 rings (SSSR count). The molecule has 4 heterocycles.